The van der Waals surface area contributed by atoms with Crippen LogP contribution in [-0.4, -0.2) is 38.7 Å². The van der Waals surface area contributed by atoms with Crippen molar-refractivity contribution < 1.29 is 14.0 Å². The fourth-order valence-electron chi connectivity index (χ4n) is 5.61. The summed E-state index contributed by atoms with van der Waals surface area (Å²) in [6, 6.07) is 22.3. The van der Waals surface area contributed by atoms with Crippen LogP contribution in [0, 0.1) is 12.7 Å². The summed E-state index contributed by atoms with van der Waals surface area (Å²) < 4.78 is 17.7. The molecule has 0 saturated heterocycles. The number of para-hydroxylation sites is 1. The molecule has 8 heteroatoms. The van der Waals surface area contributed by atoms with Crippen LogP contribution in [0.3, 0.4) is 0 Å². The number of amides is 2. The molecule has 0 saturated carbocycles. The van der Waals surface area contributed by atoms with E-state index in [1.165, 1.54) is 12.1 Å². The first-order valence-corrected chi connectivity index (χ1v) is 12.9. The van der Waals surface area contributed by atoms with Gasteiger partial charge in [-0.05, 0) is 67.9 Å². The molecule has 1 aliphatic heterocycles. The molecule has 6 rings (SSSR count). The van der Waals surface area contributed by atoms with Crippen LogP contribution in [0.15, 0.2) is 85.1 Å². The van der Waals surface area contributed by atoms with Crippen LogP contribution in [0.5, 0.6) is 0 Å². The second-order valence-electron chi connectivity index (χ2n) is 9.83. The number of carbonyl (C=O) groups excluding carboxylic acids is 2. The summed E-state index contributed by atoms with van der Waals surface area (Å²) in [6.07, 6.45) is 1.94. The highest BCUT2D eigenvalue weighted by molar-refractivity contribution is 6.06. The summed E-state index contributed by atoms with van der Waals surface area (Å²) in [6.45, 7) is 4.20. The lowest BCUT2D eigenvalue weighted by atomic mass is 9.81. The lowest BCUT2D eigenvalue weighted by Gasteiger charge is -2.38. The van der Waals surface area contributed by atoms with Gasteiger partial charge >= 0.3 is 0 Å². The molecule has 2 aromatic heterocycles. The number of fused-ring (bicyclic) bond motifs is 2. The summed E-state index contributed by atoms with van der Waals surface area (Å²) >= 11 is 0. The molecule has 1 aliphatic rings. The van der Waals surface area contributed by atoms with Gasteiger partial charge < -0.3 is 9.88 Å². The normalized spacial score (nSPS) is 16.9. The van der Waals surface area contributed by atoms with Gasteiger partial charge in [0.1, 0.15) is 17.7 Å². The van der Waals surface area contributed by atoms with Crippen molar-refractivity contribution >= 4 is 28.5 Å². The molecule has 5 aromatic rings. The van der Waals surface area contributed by atoms with Gasteiger partial charge in [-0.15, -0.1) is 0 Å². The summed E-state index contributed by atoms with van der Waals surface area (Å²) in [7, 11) is 1.95. The molecule has 0 radical (unpaired) electrons. The number of rotatable bonds is 5. The Kier molecular flexibility index (Phi) is 6.02. The van der Waals surface area contributed by atoms with Crippen molar-refractivity contribution in [3.63, 3.8) is 0 Å². The van der Waals surface area contributed by atoms with Crippen LogP contribution in [-0.2, 0) is 11.8 Å². The Bertz CT molecular complexity index is 1700. The minimum absolute atomic E-state index is 0.245. The first-order chi connectivity index (χ1) is 18.9. The maximum atomic E-state index is 14.1. The lowest BCUT2D eigenvalue weighted by Crippen LogP contribution is -2.55. The Morgan fingerprint density at radius 3 is 2.49 bits per heavy atom. The number of hydrogen-bond donors (Lipinski definition) is 1. The Morgan fingerprint density at radius 2 is 1.77 bits per heavy atom. The second kappa shape index (κ2) is 9.54. The maximum Gasteiger partial charge on any atom is 0.251 e. The molecule has 0 spiro atoms. The molecule has 3 aromatic carbocycles. The zero-order chi connectivity index (χ0) is 27.3. The molecular weight excluding hydrogens is 493 g/mol. The molecule has 3 heterocycles. The zero-order valence-electron chi connectivity index (χ0n) is 21.9. The van der Waals surface area contributed by atoms with E-state index in [-0.39, 0.29) is 17.6 Å². The fraction of sp³-hybridized carbons (Fsp3) is 0.194. The minimum Gasteiger partial charge on any atom is -0.351 e. The number of benzene rings is 3. The maximum absolute atomic E-state index is 14.1. The molecule has 39 heavy (non-hydrogen) atoms. The van der Waals surface area contributed by atoms with Gasteiger partial charge in [0.05, 0.1) is 11.4 Å². The number of anilines is 1. The molecule has 196 valence electrons. The molecule has 1 N–H and O–H groups in total. The van der Waals surface area contributed by atoms with Gasteiger partial charge in [0.25, 0.3) is 11.8 Å². The number of halogens is 1. The van der Waals surface area contributed by atoms with Crippen LogP contribution >= 0.6 is 0 Å². The quantitative estimate of drug-likeness (QED) is 0.350. The molecule has 0 bridgehead atoms. The van der Waals surface area contributed by atoms with Gasteiger partial charge in [-0.2, -0.15) is 5.10 Å². The van der Waals surface area contributed by atoms with Crippen LogP contribution in [0.1, 0.15) is 40.0 Å². The topological polar surface area (TPSA) is 72.2 Å². The molecular formula is C31H28FN5O2. The molecule has 0 aliphatic carbocycles. The van der Waals surface area contributed by atoms with E-state index >= 15 is 0 Å². The van der Waals surface area contributed by atoms with Crippen molar-refractivity contribution in [3.8, 4) is 5.69 Å². The van der Waals surface area contributed by atoms with Crippen LogP contribution in [0.4, 0.5) is 10.2 Å². The van der Waals surface area contributed by atoms with Gasteiger partial charge in [-0.25, -0.2) is 9.07 Å². The third kappa shape index (κ3) is 4.09. The molecule has 0 unspecified atom stereocenters. The van der Waals surface area contributed by atoms with Crippen LogP contribution < -0.4 is 10.2 Å². The van der Waals surface area contributed by atoms with Crippen molar-refractivity contribution in [1.82, 2.24) is 19.7 Å². The second-order valence-corrected chi connectivity index (χ2v) is 9.83. The van der Waals surface area contributed by atoms with E-state index in [2.05, 4.69) is 5.32 Å². The van der Waals surface area contributed by atoms with Crippen LogP contribution in [0.2, 0.25) is 0 Å². The molecule has 2 amide bonds. The highest BCUT2D eigenvalue weighted by Gasteiger charge is 2.45. The average Bonchev–Trinajstić information content (AvgIpc) is 3.49. The minimum atomic E-state index is -0.908. The van der Waals surface area contributed by atoms with Gasteiger partial charge in [-0.3, -0.25) is 14.5 Å². The Morgan fingerprint density at radius 1 is 1.03 bits per heavy atom. The predicted octanol–water partition coefficient (Wildman–Crippen LogP) is 5.11. The predicted molar refractivity (Wildman–Crippen MR) is 149 cm³/mol. The zero-order valence-corrected chi connectivity index (χ0v) is 21.9. The summed E-state index contributed by atoms with van der Waals surface area (Å²) in [5.74, 6) is -0.858. The number of aromatic nitrogens is 3. The van der Waals surface area contributed by atoms with E-state index in [0.29, 0.717) is 17.9 Å². The van der Waals surface area contributed by atoms with Crippen molar-refractivity contribution in [2.45, 2.75) is 25.8 Å². The van der Waals surface area contributed by atoms with Gasteiger partial charge in [0.15, 0.2) is 0 Å². The Labute approximate surface area is 225 Å². The summed E-state index contributed by atoms with van der Waals surface area (Å²) in [4.78, 5) is 29.4. The lowest BCUT2D eigenvalue weighted by molar-refractivity contribution is -0.121. The van der Waals surface area contributed by atoms with E-state index in [4.69, 9.17) is 5.10 Å². The monoisotopic (exact) mass is 521 g/mol. The van der Waals surface area contributed by atoms with Crippen molar-refractivity contribution in [2.24, 2.45) is 7.05 Å². The van der Waals surface area contributed by atoms with E-state index < -0.39 is 12.0 Å². The van der Waals surface area contributed by atoms with Crippen molar-refractivity contribution in [3.05, 3.63) is 113 Å². The third-order valence-corrected chi connectivity index (χ3v) is 7.49. The fourth-order valence-corrected chi connectivity index (χ4v) is 5.61. The van der Waals surface area contributed by atoms with E-state index in [1.54, 1.807) is 27.8 Å². The summed E-state index contributed by atoms with van der Waals surface area (Å²) in [5, 5.41) is 8.80. The molecule has 7 nitrogen and oxygen atoms in total. The first kappa shape index (κ1) is 24.6. The van der Waals surface area contributed by atoms with Gasteiger partial charge in [0.2, 0.25) is 0 Å². The largest absolute Gasteiger partial charge is 0.351 e. The Hall–Kier alpha value is -4.72. The number of nitrogens with one attached hydrogen (secondary N) is 1. The number of aryl methyl sites for hydroxylation is 2. The Balaban J connectivity index is 1.49. The van der Waals surface area contributed by atoms with E-state index in [0.717, 1.165) is 33.4 Å². The summed E-state index contributed by atoms with van der Waals surface area (Å²) in [5.41, 5.74) is 4.58. The van der Waals surface area contributed by atoms with Crippen molar-refractivity contribution in [1.29, 1.82) is 0 Å². The first-order valence-electron chi connectivity index (χ1n) is 12.9. The average molecular weight is 522 g/mol. The number of likely N-dealkylation sites (N-methyl/N-ethyl adjacent to an activating group) is 1. The number of carbonyl (C=O) groups is 2. The SMILES string of the molecule is CCN1C(=O)[C@@H](NC(=O)c2ccc3c(ccn3C)c2)[C@@H](c2ccc(F)cc2)c2c(C)nn(-c3ccccc3)c21. The molecule has 0 fully saturated rings. The third-order valence-electron chi connectivity index (χ3n) is 7.49. The number of hydrogen-bond acceptors (Lipinski definition) is 3. The highest BCUT2D eigenvalue weighted by Crippen LogP contribution is 2.43. The van der Waals surface area contributed by atoms with Crippen molar-refractivity contribution in [2.75, 3.05) is 11.4 Å². The van der Waals surface area contributed by atoms with Crippen LogP contribution in [0.25, 0.3) is 16.6 Å². The number of nitrogens with zero attached hydrogens (tertiary/aromatic N) is 4. The highest BCUT2D eigenvalue weighted by atomic mass is 19.1. The van der Waals surface area contributed by atoms with Gasteiger partial charge in [-0.1, -0.05) is 30.3 Å². The van der Waals surface area contributed by atoms with Gasteiger partial charge in [0, 0.05) is 47.7 Å². The smallest absolute Gasteiger partial charge is 0.251 e. The standard InChI is InChI=1S/C31H28FN5O2/c1-4-36-30-26(19(2)34-37(30)24-8-6-5-7-9-24)27(20-10-13-23(32)14-11-20)28(31(36)39)33-29(38)22-12-15-25-21(18-22)16-17-35(25)3/h5-18,27-28H,4H2,1-3H3,(H,33,38)/t27-,28-/m0/s1. The van der Waals surface area contributed by atoms with E-state index in [9.17, 15) is 14.0 Å². The molecule has 2 atom stereocenters. The van der Waals surface area contributed by atoms with E-state index in [1.807, 2.05) is 80.2 Å².